The van der Waals surface area contributed by atoms with Crippen molar-refractivity contribution in [1.82, 2.24) is 19.6 Å². The first-order chi connectivity index (χ1) is 15.6. The Balaban J connectivity index is 1.59. The van der Waals surface area contributed by atoms with Crippen molar-refractivity contribution < 1.29 is 4.39 Å². The molecule has 1 aliphatic heterocycles. The van der Waals surface area contributed by atoms with E-state index in [1.165, 1.54) is 21.1 Å². The molecule has 158 valence electrons. The van der Waals surface area contributed by atoms with Crippen molar-refractivity contribution in [2.75, 3.05) is 17.2 Å². The number of hydrogen-bond acceptors (Lipinski definition) is 5. The fourth-order valence-electron chi connectivity index (χ4n) is 4.68. The van der Waals surface area contributed by atoms with Gasteiger partial charge in [-0.05, 0) is 66.3 Å². The Bertz CT molecular complexity index is 1510. The maximum absolute atomic E-state index is 14.4. The van der Waals surface area contributed by atoms with E-state index in [0.717, 1.165) is 41.8 Å². The number of anilines is 3. The fourth-order valence-corrected chi connectivity index (χ4v) is 4.68. The SMILES string of the molecule is Cc1ccccc1-c1ccc2c(c1)N(c1nc3nnc(F)n3c3cc(N)ccc13)CCC2. The summed E-state index contributed by atoms with van der Waals surface area (Å²) < 4.78 is 15.7. The molecule has 3 aromatic carbocycles. The Hall–Kier alpha value is -4.00. The van der Waals surface area contributed by atoms with E-state index in [1.807, 2.05) is 12.1 Å². The van der Waals surface area contributed by atoms with Crippen LogP contribution in [0.5, 0.6) is 0 Å². The van der Waals surface area contributed by atoms with Crippen molar-refractivity contribution in [3.8, 4) is 11.1 Å². The van der Waals surface area contributed by atoms with Crippen LogP contribution < -0.4 is 10.6 Å². The molecule has 32 heavy (non-hydrogen) atoms. The van der Waals surface area contributed by atoms with Crippen LogP contribution in [0.25, 0.3) is 27.8 Å². The third kappa shape index (κ3) is 2.81. The molecule has 7 heteroatoms. The summed E-state index contributed by atoms with van der Waals surface area (Å²) in [6.45, 7) is 2.93. The number of aromatic nitrogens is 4. The van der Waals surface area contributed by atoms with E-state index in [2.05, 4.69) is 64.5 Å². The van der Waals surface area contributed by atoms with Gasteiger partial charge in [-0.3, -0.25) is 0 Å². The second-order valence-corrected chi connectivity index (χ2v) is 8.23. The highest BCUT2D eigenvalue weighted by molar-refractivity contribution is 5.95. The number of aryl methyl sites for hydroxylation is 2. The van der Waals surface area contributed by atoms with Crippen molar-refractivity contribution in [3.05, 3.63) is 77.9 Å². The lowest BCUT2D eigenvalue weighted by Gasteiger charge is -2.32. The average Bonchev–Trinajstić information content (AvgIpc) is 3.19. The van der Waals surface area contributed by atoms with Crippen molar-refractivity contribution in [2.24, 2.45) is 0 Å². The van der Waals surface area contributed by atoms with Gasteiger partial charge < -0.3 is 10.6 Å². The minimum absolute atomic E-state index is 0.220. The summed E-state index contributed by atoms with van der Waals surface area (Å²) in [5.74, 6) is 0.959. The van der Waals surface area contributed by atoms with E-state index in [4.69, 9.17) is 10.7 Å². The quantitative estimate of drug-likeness (QED) is 0.401. The normalized spacial score (nSPS) is 13.6. The van der Waals surface area contributed by atoms with Gasteiger partial charge in [0.05, 0.1) is 5.52 Å². The lowest BCUT2D eigenvalue weighted by Crippen LogP contribution is -2.26. The number of benzene rings is 3. The van der Waals surface area contributed by atoms with E-state index in [0.29, 0.717) is 11.2 Å². The Morgan fingerprint density at radius 2 is 1.88 bits per heavy atom. The van der Waals surface area contributed by atoms with Gasteiger partial charge in [-0.2, -0.15) is 9.37 Å². The van der Waals surface area contributed by atoms with Crippen molar-refractivity contribution in [1.29, 1.82) is 0 Å². The van der Waals surface area contributed by atoms with Crippen LogP contribution in [-0.2, 0) is 6.42 Å². The topological polar surface area (TPSA) is 72.3 Å². The molecule has 5 aromatic rings. The fraction of sp³-hybridized carbons (Fsp3) is 0.160. The highest BCUT2D eigenvalue weighted by Crippen LogP contribution is 2.39. The Kier molecular flexibility index (Phi) is 4.11. The molecule has 2 aromatic heterocycles. The van der Waals surface area contributed by atoms with Gasteiger partial charge in [-0.25, -0.2) is 4.40 Å². The summed E-state index contributed by atoms with van der Waals surface area (Å²) in [6.07, 6.45) is 1.31. The zero-order valence-electron chi connectivity index (χ0n) is 17.6. The molecule has 0 fully saturated rings. The molecule has 6 nitrogen and oxygen atoms in total. The molecule has 0 amide bonds. The summed E-state index contributed by atoms with van der Waals surface area (Å²) in [4.78, 5) is 6.94. The Morgan fingerprint density at radius 3 is 2.75 bits per heavy atom. The van der Waals surface area contributed by atoms with E-state index in [1.54, 1.807) is 6.07 Å². The molecule has 3 heterocycles. The predicted octanol–water partition coefficient (Wildman–Crippen LogP) is 5.06. The van der Waals surface area contributed by atoms with Gasteiger partial charge in [0.2, 0.25) is 0 Å². The number of rotatable bonds is 2. The number of nitrogens with two attached hydrogens (primary N) is 1. The number of nitrogens with zero attached hydrogens (tertiary/aromatic N) is 5. The largest absolute Gasteiger partial charge is 0.399 e. The van der Waals surface area contributed by atoms with Crippen LogP contribution in [-0.4, -0.2) is 26.1 Å². The van der Waals surface area contributed by atoms with Crippen LogP contribution in [0, 0.1) is 13.0 Å². The molecule has 2 N–H and O–H groups in total. The molecular formula is C25H21FN6. The summed E-state index contributed by atoms with van der Waals surface area (Å²) >= 11 is 0. The van der Waals surface area contributed by atoms with Gasteiger partial charge in [0, 0.05) is 23.3 Å². The maximum Gasteiger partial charge on any atom is 0.315 e. The summed E-state index contributed by atoms with van der Waals surface area (Å²) in [7, 11) is 0. The highest BCUT2D eigenvalue weighted by Gasteiger charge is 2.24. The third-order valence-electron chi connectivity index (χ3n) is 6.23. The van der Waals surface area contributed by atoms with Crippen molar-refractivity contribution in [2.45, 2.75) is 19.8 Å². The molecule has 0 bridgehead atoms. The average molecular weight is 424 g/mol. The summed E-state index contributed by atoms with van der Waals surface area (Å²) in [5, 5.41) is 8.34. The van der Waals surface area contributed by atoms with Crippen LogP contribution in [0.2, 0.25) is 0 Å². The van der Waals surface area contributed by atoms with Crippen LogP contribution in [0.15, 0.2) is 60.7 Å². The first-order valence-electron chi connectivity index (χ1n) is 10.7. The molecule has 0 radical (unpaired) electrons. The minimum atomic E-state index is -0.699. The molecular weight excluding hydrogens is 403 g/mol. The van der Waals surface area contributed by atoms with Crippen molar-refractivity contribution in [3.63, 3.8) is 0 Å². The van der Waals surface area contributed by atoms with Gasteiger partial charge in [0.1, 0.15) is 5.82 Å². The van der Waals surface area contributed by atoms with Gasteiger partial charge in [-0.15, -0.1) is 5.10 Å². The Morgan fingerprint density at radius 1 is 1.00 bits per heavy atom. The molecule has 0 spiro atoms. The lowest BCUT2D eigenvalue weighted by molar-refractivity contribution is 0.532. The third-order valence-corrected chi connectivity index (χ3v) is 6.23. The molecule has 0 atom stereocenters. The zero-order valence-corrected chi connectivity index (χ0v) is 17.6. The van der Waals surface area contributed by atoms with Gasteiger partial charge in [0.25, 0.3) is 5.78 Å². The molecule has 0 saturated carbocycles. The number of nitrogen functional groups attached to an aromatic ring is 1. The number of hydrogen-bond donors (Lipinski definition) is 1. The monoisotopic (exact) mass is 424 g/mol. The summed E-state index contributed by atoms with van der Waals surface area (Å²) in [5.41, 5.74) is 13.2. The second kappa shape index (κ2) is 7.02. The van der Waals surface area contributed by atoms with E-state index in [9.17, 15) is 4.39 Å². The standard InChI is InChI=1S/C25H21FN6/c1-15-5-2-3-7-19(15)17-9-8-16-6-4-12-31(21(16)13-17)23-20-11-10-18(27)14-22(20)32-24(26)29-30-25(32)28-23/h2-3,5,7-11,13-14H,4,6,12,27H2,1H3. The molecule has 0 unspecified atom stereocenters. The second-order valence-electron chi connectivity index (χ2n) is 8.23. The first-order valence-corrected chi connectivity index (χ1v) is 10.7. The highest BCUT2D eigenvalue weighted by atomic mass is 19.1. The van der Waals surface area contributed by atoms with Crippen molar-refractivity contribution >= 4 is 33.9 Å². The van der Waals surface area contributed by atoms with Crippen LogP contribution in [0.3, 0.4) is 0 Å². The van der Waals surface area contributed by atoms with E-state index in [-0.39, 0.29) is 5.78 Å². The minimum Gasteiger partial charge on any atom is -0.399 e. The molecule has 0 aliphatic carbocycles. The Labute approximate surface area is 184 Å². The van der Waals surface area contributed by atoms with E-state index >= 15 is 0 Å². The smallest absolute Gasteiger partial charge is 0.315 e. The van der Waals surface area contributed by atoms with E-state index < -0.39 is 6.08 Å². The van der Waals surface area contributed by atoms with Gasteiger partial charge in [0.15, 0.2) is 0 Å². The summed E-state index contributed by atoms with van der Waals surface area (Å²) in [6, 6.07) is 20.5. The van der Waals surface area contributed by atoms with Gasteiger partial charge >= 0.3 is 6.08 Å². The first kappa shape index (κ1) is 18.7. The lowest BCUT2D eigenvalue weighted by atomic mass is 9.94. The van der Waals surface area contributed by atoms with Gasteiger partial charge in [-0.1, -0.05) is 41.5 Å². The van der Waals surface area contributed by atoms with Crippen LogP contribution >= 0.6 is 0 Å². The van der Waals surface area contributed by atoms with Crippen LogP contribution in [0.4, 0.5) is 21.6 Å². The molecule has 6 rings (SSSR count). The maximum atomic E-state index is 14.4. The number of halogens is 1. The number of fused-ring (bicyclic) bond motifs is 4. The van der Waals surface area contributed by atoms with Crippen LogP contribution in [0.1, 0.15) is 17.5 Å². The predicted molar refractivity (Wildman–Crippen MR) is 125 cm³/mol. The zero-order chi connectivity index (χ0) is 21.8. The molecule has 0 saturated heterocycles. The molecule has 1 aliphatic rings.